The van der Waals surface area contributed by atoms with Crippen molar-refractivity contribution in [3.63, 3.8) is 0 Å². The van der Waals surface area contributed by atoms with E-state index in [9.17, 15) is 4.79 Å². The number of nitrogens with one attached hydrogen (secondary N) is 1. The third kappa shape index (κ3) is 3.58. The molecule has 168 valence electrons. The normalized spacial score (nSPS) is 18.1. The van der Waals surface area contributed by atoms with E-state index in [1.165, 1.54) is 11.1 Å². The Bertz CT molecular complexity index is 1300. The van der Waals surface area contributed by atoms with E-state index in [-0.39, 0.29) is 5.91 Å². The number of nitrogens with zero attached hydrogens (tertiary/aromatic N) is 2. The van der Waals surface area contributed by atoms with E-state index in [0.717, 1.165) is 46.6 Å². The monoisotopic (exact) mass is 439 g/mol. The summed E-state index contributed by atoms with van der Waals surface area (Å²) in [6.07, 6.45) is 1.82. The van der Waals surface area contributed by atoms with Crippen LogP contribution in [0.15, 0.2) is 60.7 Å². The van der Waals surface area contributed by atoms with Crippen LogP contribution in [-0.2, 0) is 5.54 Å². The molecular formula is C28H29N3O2. The number of aromatic amines is 1. The van der Waals surface area contributed by atoms with Crippen molar-refractivity contribution in [1.82, 2.24) is 14.9 Å². The smallest absolute Gasteiger partial charge is 0.255 e. The minimum atomic E-state index is -0.481. The van der Waals surface area contributed by atoms with Crippen molar-refractivity contribution in [2.24, 2.45) is 0 Å². The van der Waals surface area contributed by atoms with Gasteiger partial charge in [0.2, 0.25) is 0 Å². The molecule has 1 saturated heterocycles. The zero-order valence-electron chi connectivity index (χ0n) is 19.6. The first-order valence-corrected chi connectivity index (χ1v) is 11.4. The topological polar surface area (TPSA) is 58.2 Å². The minimum absolute atomic E-state index is 0.0363. The molecule has 1 fully saturated rings. The molecule has 1 amide bonds. The largest absolute Gasteiger partial charge is 0.497 e. The zero-order chi connectivity index (χ0) is 23.2. The molecule has 3 aromatic carbocycles. The quantitative estimate of drug-likeness (QED) is 0.424. The number of amides is 1. The highest BCUT2D eigenvalue weighted by Crippen LogP contribution is 2.40. The van der Waals surface area contributed by atoms with Crippen molar-refractivity contribution in [3.8, 4) is 16.9 Å². The average molecular weight is 440 g/mol. The molecule has 1 aliphatic rings. The number of hydrogen-bond acceptors (Lipinski definition) is 3. The lowest BCUT2D eigenvalue weighted by Crippen LogP contribution is -2.43. The molecule has 33 heavy (non-hydrogen) atoms. The maximum Gasteiger partial charge on any atom is 0.255 e. The van der Waals surface area contributed by atoms with Gasteiger partial charge in [0.15, 0.2) is 0 Å². The molecule has 5 heteroatoms. The summed E-state index contributed by atoms with van der Waals surface area (Å²) in [5.74, 6) is 1.69. The number of carbonyl (C=O) groups excluding carboxylic acids is 1. The number of ether oxygens (including phenoxy) is 1. The fourth-order valence-corrected chi connectivity index (χ4v) is 4.90. The summed E-state index contributed by atoms with van der Waals surface area (Å²) in [6, 6.07) is 19.9. The van der Waals surface area contributed by atoms with Crippen molar-refractivity contribution < 1.29 is 9.53 Å². The Morgan fingerprint density at radius 1 is 1.06 bits per heavy atom. The van der Waals surface area contributed by atoms with Gasteiger partial charge in [-0.25, -0.2) is 4.98 Å². The second-order valence-electron chi connectivity index (χ2n) is 9.15. The highest BCUT2D eigenvalue weighted by molar-refractivity contribution is 6.01. The van der Waals surface area contributed by atoms with Crippen molar-refractivity contribution in [2.45, 2.75) is 39.2 Å². The summed E-state index contributed by atoms with van der Waals surface area (Å²) in [7, 11) is 1.65. The van der Waals surface area contributed by atoms with Crippen LogP contribution >= 0.6 is 0 Å². The molecule has 1 aromatic heterocycles. The van der Waals surface area contributed by atoms with Gasteiger partial charge < -0.3 is 14.6 Å². The summed E-state index contributed by atoms with van der Waals surface area (Å²) in [5.41, 5.74) is 6.57. The first kappa shape index (κ1) is 21.3. The van der Waals surface area contributed by atoms with Crippen LogP contribution in [0.3, 0.4) is 0 Å². The van der Waals surface area contributed by atoms with Gasteiger partial charge in [-0.3, -0.25) is 4.79 Å². The third-order valence-corrected chi connectivity index (χ3v) is 7.05. The summed E-state index contributed by atoms with van der Waals surface area (Å²) in [4.78, 5) is 24.4. The Hall–Kier alpha value is -3.60. The Morgan fingerprint density at radius 2 is 1.79 bits per heavy atom. The predicted octanol–water partition coefficient (Wildman–Crippen LogP) is 6.01. The molecule has 5 rings (SSSR count). The fourth-order valence-electron chi connectivity index (χ4n) is 4.90. The van der Waals surface area contributed by atoms with Crippen molar-refractivity contribution in [1.29, 1.82) is 0 Å². The molecule has 0 spiro atoms. The van der Waals surface area contributed by atoms with Gasteiger partial charge in [-0.2, -0.15) is 0 Å². The van der Waals surface area contributed by atoms with Crippen LogP contribution in [0.4, 0.5) is 0 Å². The molecule has 0 radical (unpaired) electrons. The molecule has 2 heterocycles. The van der Waals surface area contributed by atoms with E-state index in [1.807, 2.05) is 53.4 Å². The van der Waals surface area contributed by atoms with Gasteiger partial charge in [-0.15, -0.1) is 0 Å². The molecule has 4 aromatic rings. The number of H-pyrrole nitrogens is 1. The standard InChI is InChI=1S/C28H29N3O2/c1-18-16-24-25(17-19(18)2)30-27(29-24)28(3)14-7-15-31(28)26(32)23-9-6-5-8-22(23)20-10-12-21(33-4)13-11-20/h5-6,8-13,16-17H,7,14-15H2,1-4H3,(H,29,30). The van der Waals surface area contributed by atoms with E-state index in [1.54, 1.807) is 7.11 Å². The number of carbonyl (C=O) groups is 1. The molecule has 1 unspecified atom stereocenters. The Balaban J connectivity index is 1.54. The Morgan fingerprint density at radius 3 is 2.55 bits per heavy atom. The zero-order valence-corrected chi connectivity index (χ0v) is 19.6. The summed E-state index contributed by atoms with van der Waals surface area (Å²) in [6.45, 7) is 7.05. The van der Waals surface area contributed by atoms with Crippen LogP contribution in [0.2, 0.25) is 0 Å². The van der Waals surface area contributed by atoms with Crippen molar-refractivity contribution >= 4 is 16.9 Å². The van der Waals surface area contributed by atoms with E-state index >= 15 is 0 Å². The Labute approximate surface area is 194 Å². The van der Waals surface area contributed by atoms with E-state index in [0.29, 0.717) is 12.1 Å². The summed E-state index contributed by atoms with van der Waals surface area (Å²) < 4.78 is 5.29. The lowest BCUT2D eigenvalue weighted by molar-refractivity contribution is 0.0607. The number of fused-ring (bicyclic) bond motifs is 1. The van der Waals surface area contributed by atoms with Gasteiger partial charge in [-0.05, 0) is 86.2 Å². The first-order valence-electron chi connectivity index (χ1n) is 11.4. The lowest BCUT2D eigenvalue weighted by atomic mass is 9.95. The minimum Gasteiger partial charge on any atom is -0.497 e. The molecule has 0 aliphatic carbocycles. The number of rotatable bonds is 4. The summed E-state index contributed by atoms with van der Waals surface area (Å²) in [5, 5.41) is 0. The number of likely N-dealkylation sites (tertiary alicyclic amines) is 1. The molecule has 1 atom stereocenters. The van der Waals surface area contributed by atoms with Crippen LogP contribution in [0, 0.1) is 13.8 Å². The third-order valence-electron chi connectivity index (χ3n) is 7.05. The van der Waals surface area contributed by atoms with E-state index in [4.69, 9.17) is 9.72 Å². The van der Waals surface area contributed by atoms with E-state index in [2.05, 4.69) is 37.9 Å². The number of aryl methyl sites for hydroxylation is 2. The van der Waals surface area contributed by atoms with Gasteiger partial charge in [0.1, 0.15) is 11.6 Å². The van der Waals surface area contributed by atoms with Crippen LogP contribution < -0.4 is 4.74 Å². The highest BCUT2D eigenvalue weighted by atomic mass is 16.5. The van der Waals surface area contributed by atoms with Gasteiger partial charge in [0.05, 0.1) is 23.7 Å². The van der Waals surface area contributed by atoms with Crippen molar-refractivity contribution in [3.05, 3.63) is 83.2 Å². The van der Waals surface area contributed by atoms with Crippen molar-refractivity contribution in [2.75, 3.05) is 13.7 Å². The maximum atomic E-state index is 13.9. The molecule has 0 saturated carbocycles. The van der Waals surface area contributed by atoms with Crippen LogP contribution in [0.1, 0.15) is 47.1 Å². The van der Waals surface area contributed by atoms with Gasteiger partial charge in [-0.1, -0.05) is 30.3 Å². The van der Waals surface area contributed by atoms with Gasteiger partial charge in [0, 0.05) is 12.1 Å². The number of imidazole rings is 1. The van der Waals surface area contributed by atoms with Crippen LogP contribution in [0.25, 0.3) is 22.2 Å². The van der Waals surface area contributed by atoms with Crippen LogP contribution in [0.5, 0.6) is 5.75 Å². The lowest BCUT2D eigenvalue weighted by Gasteiger charge is -2.34. The fraction of sp³-hybridized carbons (Fsp3) is 0.286. The molecular weight excluding hydrogens is 410 g/mol. The molecule has 0 bridgehead atoms. The Kier molecular flexibility index (Phi) is 5.20. The maximum absolute atomic E-state index is 13.9. The van der Waals surface area contributed by atoms with Gasteiger partial charge >= 0.3 is 0 Å². The average Bonchev–Trinajstić information content (AvgIpc) is 3.43. The summed E-state index contributed by atoms with van der Waals surface area (Å²) >= 11 is 0. The number of methoxy groups -OCH3 is 1. The molecule has 5 nitrogen and oxygen atoms in total. The second-order valence-corrected chi connectivity index (χ2v) is 9.15. The number of hydrogen-bond donors (Lipinski definition) is 1. The predicted molar refractivity (Wildman–Crippen MR) is 132 cm³/mol. The highest BCUT2D eigenvalue weighted by Gasteiger charge is 2.44. The van der Waals surface area contributed by atoms with Crippen LogP contribution in [-0.4, -0.2) is 34.4 Å². The van der Waals surface area contributed by atoms with Gasteiger partial charge in [0.25, 0.3) is 5.91 Å². The number of aromatic nitrogens is 2. The first-order chi connectivity index (χ1) is 15.9. The number of benzene rings is 3. The molecule has 1 aliphatic heterocycles. The molecule has 1 N–H and O–H groups in total. The second kappa shape index (κ2) is 8.07. The SMILES string of the molecule is COc1ccc(-c2ccccc2C(=O)N2CCCC2(C)c2nc3cc(C)c(C)cc3[nH]2)cc1. The van der Waals surface area contributed by atoms with E-state index < -0.39 is 5.54 Å².